The van der Waals surface area contributed by atoms with Gasteiger partial charge in [0.1, 0.15) is 0 Å². The fourth-order valence-corrected chi connectivity index (χ4v) is 2.09. The number of piperidine rings is 1. The number of hydrogen-bond acceptors (Lipinski definition) is 2. The molecule has 4 heteroatoms. The normalized spacial score (nSPS) is 17.6. The molecule has 1 aliphatic heterocycles. The monoisotopic (exact) mass is 228 g/mol. The van der Waals surface area contributed by atoms with Gasteiger partial charge in [-0.3, -0.25) is 0 Å². The van der Waals surface area contributed by atoms with Gasteiger partial charge in [-0.05, 0) is 25.2 Å². The third-order valence-corrected chi connectivity index (χ3v) is 3.19. The number of urea groups is 1. The largest absolute Gasteiger partial charge is 0.395 e. The van der Waals surface area contributed by atoms with Crippen LogP contribution in [0, 0.1) is 5.92 Å². The van der Waals surface area contributed by atoms with Crippen LogP contribution in [-0.2, 0) is 0 Å². The molecule has 0 bridgehead atoms. The van der Waals surface area contributed by atoms with Crippen molar-refractivity contribution in [3.8, 4) is 0 Å². The number of aliphatic hydroxyl groups is 1. The Morgan fingerprint density at radius 1 is 1.38 bits per heavy atom. The Balaban J connectivity index is 2.46. The van der Waals surface area contributed by atoms with Crippen molar-refractivity contribution < 1.29 is 9.90 Å². The standard InChI is InChI=1S/C12H24N2O2/c1-3-6-13(9-10-15)12(16)14-7-4-11(2)5-8-14/h11,15H,3-10H2,1-2H3. The van der Waals surface area contributed by atoms with Crippen molar-refractivity contribution in [3.05, 3.63) is 0 Å². The first-order valence-electron chi connectivity index (χ1n) is 6.33. The maximum atomic E-state index is 12.1. The zero-order valence-corrected chi connectivity index (χ0v) is 10.5. The highest BCUT2D eigenvalue weighted by Crippen LogP contribution is 2.17. The third kappa shape index (κ3) is 3.67. The van der Waals surface area contributed by atoms with Gasteiger partial charge in [0.05, 0.1) is 6.61 Å². The Labute approximate surface area is 98.2 Å². The SMILES string of the molecule is CCCN(CCO)C(=O)N1CCC(C)CC1. The zero-order valence-electron chi connectivity index (χ0n) is 10.5. The van der Waals surface area contributed by atoms with Crippen molar-refractivity contribution in [3.63, 3.8) is 0 Å². The Kier molecular flexibility index (Phi) is 5.60. The highest BCUT2D eigenvalue weighted by atomic mass is 16.3. The van der Waals surface area contributed by atoms with Gasteiger partial charge in [0.15, 0.2) is 0 Å². The zero-order chi connectivity index (χ0) is 12.0. The van der Waals surface area contributed by atoms with Crippen molar-refractivity contribution in [2.45, 2.75) is 33.1 Å². The Morgan fingerprint density at radius 3 is 2.50 bits per heavy atom. The van der Waals surface area contributed by atoms with Crippen molar-refractivity contribution in [2.75, 3.05) is 32.8 Å². The summed E-state index contributed by atoms with van der Waals surface area (Å²) in [6, 6.07) is 0.0998. The van der Waals surface area contributed by atoms with Gasteiger partial charge in [-0.25, -0.2) is 4.79 Å². The summed E-state index contributed by atoms with van der Waals surface area (Å²) in [7, 11) is 0. The number of rotatable bonds is 4. The van der Waals surface area contributed by atoms with Crippen molar-refractivity contribution in [1.82, 2.24) is 9.80 Å². The van der Waals surface area contributed by atoms with Crippen LogP contribution in [-0.4, -0.2) is 53.7 Å². The van der Waals surface area contributed by atoms with E-state index in [-0.39, 0.29) is 12.6 Å². The molecule has 0 radical (unpaired) electrons. The van der Waals surface area contributed by atoms with E-state index in [4.69, 9.17) is 5.11 Å². The van der Waals surface area contributed by atoms with Crippen molar-refractivity contribution >= 4 is 6.03 Å². The first-order valence-corrected chi connectivity index (χ1v) is 6.33. The first-order chi connectivity index (χ1) is 7.69. The molecule has 0 spiro atoms. The summed E-state index contributed by atoms with van der Waals surface area (Å²) in [6.45, 7) is 7.27. The summed E-state index contributed by atoms with van der Waals surface area (Å²) in [4.78, 5) is 15.8. The second kappa shape index (κ2) is 6.74. The molecule has 2 amide bonds. The summed E-state index contributed by atoms with van der Waals surface area (Å²) in [5.41, 5.74) is 0. The van der Waals surface area contributed by atoms with Crippen LogP contribution in [0.2, 0.25) is 0 Å². The second-order valence-electron chi connectivity index (χ2n) is 4.66. The van der Waals surface area contributed by atoms with E-state index in [1.165, 1.54) is 0 Å². The Morgan fingerprint density at radius 2 is 2.00 bits per heavy atom. The number of aliphatic hydroxyl groups excluding tert-OH is 1. The fourth-order valence-electron chi connectivity index (χ4n) is 2.09. The van der Waals surface area contributed by atoms with E-state index in [2.05, 4.69) is 13.8 Å². The molecule has 0 aromatic rings. The van der Waals surface area contributed by atoms with Crippen LogP contribution in [0.3, 0.4) is 0 Å². The lowest BCUT2D eigenvalue weighted by molar-refractivity contribution is 0.124. The molecular formula is C12H24N2O2. The van der Waals surface area contributed by atoms with Crippen LogP contribution in [0.5, 0.6) is 0 Å². The van der Waals surface area contributed by atoms with Crippen LogP contribution in [0.25, 0.3) is 0 Å². The lowest BCUT2D eigenvalue weighted by Gasteiger charge is -2.34. The lowest BCUT2D eigenvalue weighted by atomic mass is 9.99. The highest BCUT2D eigenvalue weighted by molar-refractivity contribution is 5.74. The molecule has 4 nitrogen and oxygen atoms in total. The molecule has 1 fully saturated rings. The summed E-state index contributed by atoms with van der Waals surface area (Å²) in [6.07, 6.45) is 3.14. The average molecular weight is 228 g/mol. The van der Waals surface area contributed by atoms with Crippen molar-refractivity contribution in [2.24, 2.45) is 5.92 Å². The van der Waals surface area contributed by atoms with Gasteiger partial charge in [0.25, 0.3) is 0 Å². The first kappa shape index (κ1) is 13.3. The van der Waals surface area contributed by atoms with Crippen LogP contribution >= 0.6 is 0 Å². The molecule has 1 rings (SSSR count). The molecule has 0 unspecified atom stereocenters. The molecule has 0 saturated carbocycles. The molecule has 1 aliphatic rings. The molecule has 0 atom stereocenters. The molecule has 0 aromatic carbocycles. The van der Waals surface area contributed by atoms with Gasteiger partial charge >= 0.3 is 6.03 Å². The van der Waals surface area contributed by atoms with Gasteiger partial charge < -0.3 is 14.9 Å². The van der Waals surface area contributed by atoms with Gasteiger partial charge in [0, 0.05) is 26.2 Å². The molecular weight excluding hydrogens is 204 g/mol. The van der Waals surface area contributed by atoms with Crippen molar-refractivity contribution in [1.29, 1.82) is 0 Å². The number of carbonyl (C=O) groups excluding carboxylic acids is 1. The quantitative estimate of drug-likeness (QED) is 0.793. The number of hydrogen-bond donors (Lipinski definition) is 1. The van der Waals surface area contributed by atoms with Gasteiger partial charge in [0.2, 0.25) is 0 Å². The number of likely N-dealkylation sites (tertiary alicyclic amines) is 1. The smallest absolute Gasteiger partial charge is 0.320 e. The van der Waals surface area contributed by atoms with E-state index >= 15 is 0 Å². The number of amides is 2. The van der Waals surface area contributed by atoms with Gasteiger partial charge in [-0.1, -0.05) is 13.8 Å². The average Bonchev–Trinajstić information content (AvgIpc) is 2.29. The fraction of sp³-hybridized carbons (Fsp3) is 0.917. The number of nitrogens with zero attached hydrogens (tertiary/aromatic N) is 2. The molecule has 16 heavy (non-hydrogen) atoms. The summed E-state index contributed by atoms with van der Waals surface area (Å²) >= 11 is 0. The molecule has 1 saturated heterocycles. The van der Waals surface area contributed by atoms with Gasteiger partial charge in [-0.2, -0.15) is 0 Å². The van der Waals surface area contributed by atoms with Crippen LogP contribution in [0.15, 0.2) is 0 Å². The van der Waals surface area contributed by atoms with E-state index in [1.807, 2.05) is 4.90 Å². The molecule has 0 aliphatic carbocycles. The summed E-state index contributed by atoms with van der Waals surface area (Å²) < 4.78 is 0. The van der Waals surface area contributed by atoms with Crippen LogP contribution in [0.1, 0.15) is 33.1 Å². The minimum absolute atomic E-state index is 0.0516. The topological polar surface area (TPSA) is 43.8 Å². The Bertz CT molecular complexity index is 207. The van der Waals surface area contributed by atoms with E-state index in [0.29, 0.717) is 6.54 Å². The number of carbonyl (C=O) groups is 1. The highest BCUT2D eigenvalue weighted by Gasteiger charge is 2.23. The second-order valence-corrected chi connectivity index (χ2v) is 4.66. The van der Waals surface area contributed by atoms with E-state index in [9.17, 15) is 4.79 Å². The third-order valence-electron chi connectivity index (χ3n) is 3.19. The minimum atomic E-state index is 0.0516. The lowest BCUT2D eigenvalue weighted by Crippen LogP contribution is -2.47. The van der Waals surface area contributed by atoms with Crippen LogP contribution in [0.4, 0.5) is 4.79 Å². The summed E-state index contributed by atoms with van der Waals surface area (Å²) in [5.74, 6) is 0.738. The van der Waals surface area contributed by atoms with E-state index < -0.39 is 0 Å². The predicted molar refractivity (Wildman–Crippen MR) is 64.3 cm³/mol. The summed E-state index contributed by atoms with van der Waals surface area (Å²) in [5, 5.41) is 8.94. The predicted octanol–water partition coefficient (Wildman–Crippen LogP) is 1.54. The molecule has 1 heterocycles. The molecule has 94 valence electrons. The Hall–Kier alpha value is -0.770. The van der Waals surface area contributed by atoms with Gasteiger partial charge in [-0.15, -0.1) is 0 Å². The molecule has 0 aromatic heterocycles. The maximum absolute atomic E-state index is 12.1. The molecule has 1 N–H and O–H groups in total. The minimum Gasteiger partial charge on any atom is -0.395 e. The van der Waals surface area contributed by atoms with Crippen LogP contribution < -0.4 is 0 Å². The van der Waals surface area contributed by atoms with E-state index in [1.54, 1.807) is 4.90 Å². The van der Waals surface area contributed by atoms with E-state index in [0.717, 1.165) is 44.8 Å². The maximum Gasteiger partial charge on any atom is 0.320 e.